The van der Waals surface area contributed by atoms with Gasteiger partial charge in [-0.05, 0) is 49.9 Å². The molecular weight excluding hydrogens is 529 g/mol. The Bertz CT molecular complexity index is 814. The summed E-state index contributed by atoms with van der Waals surface area (Å²) in [6.45, 7) is 4.04. The zero-order valence-corrected chi connectivity index (χ0v) is 20.7. The van der Waals surface area contributed by atoms with Crippen LogP contribution in [0.5, 0.6) is 0 Å². The lowest BCUT2D eigenvalue weighted by molar-refractivity contribution is 0.0224. The van der Waals surface area contributed by atoms with E-state index in [1.807, 2.05) is 24.3 Å². The van der Waals surface area contributed by atoms with Crippen molar-refractivity contribution in [3.8, 4) is 0 Å². The summed E-state index contributed by atoms with van der Waals surface area (Å²) >= 11 is 6.33. The second kappa shape index (κ2) is 12.5. The van der Waals surface area contributed by atoms with Crippen LogP contribution in [0.25, 0.3) is 0 Å². The molecule has 170 valence electrons. The van der Waals surface area contributed by atoms with Crippen molar-refractivity contribution in [1.82, 2.24) is 15.6 Å². The minimum Gasteiger partial charge on any atom is -0.469 e. The summed E-state index contributed by atoms with van der Waals surface area (Å²) in [5, 5.41) is 7.74. The third-order valence-electron chi connectivity index (χ3n) is 5.54. The van der Waals surface area contributed by atoms with Crippen LogP contribution in [0.1, 0.15) is 31.4 Å². The Labute approximate surface area is 206 Å². The molecule has 2 aromatic heterocycles. The standard InChI is InChI=1S/C22H30ClN5O2.HI/c23-20-7-3-10-24-21(20)28-12-9-17(16-28)27-22(25-11-8-18-6-4-14-29-18)26-15-19-5-1-2-13-30-19;/h3-4,6-7,10,14,17,19H,1-2,5,8-9,11-13,15-16H2,(H2,25,26,27);1H. The molecule has 2 unspecified atom stereocenters. The van der Waals surface area contributed by atoms with Gasteiger partial charge in [0.15, 0.2) is 5.96 Å². The van der Waals surface area contributed by atoms with Gasteiger partial charge < -0.3 is 24.7 Å². The number of aliphatic imine (C=N–C) groups is 1. The van der Waals surface area contributed by atoms with Crippen molar-refractivity contribution in [2.24, 2.45) is 4.99 Å². The Hall–Kier alpha value is -1.52. The Morgan fingerprint density at radius 2 is 2.19 bits per heavy atom. The molecule has 31 heavy (non-hydrogen) atoms. The summed E-state index contributed by atoms with van der Waals surface area (Å²) in [6, 6.07) is 7.94. The topological polar surface area (TPSA) is 74.9 Å². The quantitative estimate of drug-likeness (QED) is 0.305. The molecule has 4 rings (SSSR count). The Morgan fingerprint density at radius 1 is 1.26 bits per heavy atom. The van der Waals surface area contributed by atoms with Gasteiger partial charge in [-0.3, -0.25) is 4.99 Å². The monoisotopic (exact) mass is 559 g/mol. The van der Waals surface area contributed by atoms with Crippen molar-refractivity contribution in [3.05, 3.63) is 47.5 Å². The van der Waals surface area contributed by atoms with Gasteiger partial charge in [0.05, 0.1) is 23.9 Å². The van der Waals surface area contributed by atoms with Gasteiger partial charge in [0.2, 0.25) is 0 Å². The summed E-state index contributed by atoms with van der Waals surface area (Å²) in [6.07, 6.45) is 8.99. The van der Waals surface area contributed by atoms with Crippen LogP contribution in [-0.2, 0) is 11.2 Å². The first-order valence-electron chi connectivity index (χ1n) is 10.8. The highest BCUT2D eigenvalue weighted by Gasteiger charge is 2.25. The molecule has 2 aliphatic rings. The molecule has 0 amide bonds. The zero-order chi connectivity index (χ0) is 20.6. The largest absolute Gasteiger partial charge is 0.469 e. The van der Waals surface area contributed by atoms with Crippen LogP contribution in [0.3, 0.4) is 0 Å². The van der Waals surface area contributed by atoms with Crippen molar-refractivity contribution in [2.45, 2.75) is 44.2 Å². The minimum absolute atomic E-state index is 0. The molecule has 0 aromatic carbocycles. The molecule has 2 atom stereocenters. The number of nitrogens with one attached hydrogen (secondary N) is 2. The number of halogens is 2. The fraction of sp³-hybridized carbons (Fsp3) is 0.545. The van der Waals surface area contributed by atoms with E-state index in [0.29, 0.717) is 11.6 Å². The number of aromatic nitrogens is 1. The molecule has 2 fully saturated rings. The van der Waals surface area contributed by atoms with Crippen LogP contribution < -0.4 is 15.5 Å². The first-order chi connectivity index (χ1) is 14.8. The van der Waals surface area contributed by atoms with Gasteiger partial charge in [0.25, 0.3) is 0 Å². The number of pyridine rings is 1. The van der Waals surface area contributed by atoms with Crippen molar-refractivity contribution in [3.63, 3.8) is 0 Å². The van der Waals surface area contributed by atoms with E-state index in [9.17, 15) is 0 Å². The van der Waals surface area contributed by atoms with Gasteiger partial charge in [-0.15, -0.1) is 24.0 Å². The smallest absolute Gasteiger partial charge is 0.191 e. The predicted molar refractivity (Wildman–Crippen MR) is 135 cm³/mol. The van der Waals surface area contributed by atoms with E-state index >= 15 is 0 Å². The third kappa shape index (κ3) is 7.25. The average molecular weight is 560 g/mol. The Kier molecular flexibility index (Phi) is 9.73. The van der Waals surface area contributed by atoms with E-state index in [2.05, 4.69) is 20.5 Å². The predicted octanol–water partition coefficient (Wildman–Crippen LogP) is 3.87. The number of guanidine groups is 1. The highest BCUT2D eigenvalue weighted by Crippen LogP contribution is 2.25. The number of hydrogen-bond donors (Lipinski definition) is 2. The lowest BCUT2D eigenvalue weighted by atomic mass is 10.1. The molecule has 0 aliphatic carbocycles. The van der Waals surface area contributed by atoms with Crippen molar-refractivity contribution >= 4 is 47.4 Å². The Balaban J connectivity index is 0.00000272. The zero-order valence-electron chi connectivity index (χ0n) is 17.6. The van der Waals surface area contributed by atoms with E-state index in [-0.39, 0.29) is 36.1 Å². The lowest BCUT2D eigenvalue weighted by Gasteiger charge is -2.23. The molecule has 2 N–H and O–H groups in total. The number of anilines is 1. The van der Waals surface area contributed by atoms with E-state index < -0.39 is 0 Å². The molecule has 9 heteroatoms. The number of rotatable bonds is 7. The van der Waals surface area contributed by atoms with E-state index in [4.69, 9.17) is 25.7 Å². The lowest BCUT2D eigenvalue weighted by Crippen LogP contribution is -2.45. The molecule has 2 saturated heterocycles. The number of ether oxygens (including phenoxy) is 1. The maximum absolute atomic E-state index is 6.33. The van der Waals surface area contributed by atoms with Crippen molar-refractivity contribution in [2.75, 3.05) is 37.7 Å². The van der Waals surface area contributed by atoms with Crippen molar-refractivity contribution < 1.29 is 9.15 Å². The molecular formula is C22H31ClIN5O2. The highest BCUT2D eigenvalue weighted by molar-refractivity contribution is 14.0. The van der Waals surface area contributed by atoms with E-state index in [1.165, 1.54) is 6.42 Å². The van der Waals surface area contributed by atoms with Gasteiger partial charge in [-0.2, -0.15) is 0 Å². The van der Waals surface area contributed by atoms with Gasteiger partial charge in [0, 0.05) is 44.9 Å². The van der Waals surface area contributed by atoms with Crippen LogP contribution in [0.15, 0.2) is 46.1 Å². The molecule has 0 spiro atoms. The number of nitrogens with zero attached hydrogens (tertiary/aromatic N) is 3. The summed E-state index contributed by atoms with van der Waals surface area (Å²) in [5.74, 6) is 2.65. The van der Waals surface area contributed by atoms with Crippen LogP contribution in [0.4, 0.5) is 5.82 Å². The van der Waals surface area contributed by atoms with Crippen LogP contribution in [0, 0.1) is 0 Å². The summed E-state index contributed by atoms with van der Waals surface area (Å²) < 4.78 is 11.3. The van der Waals surface area contributed by atoms with Gasteiger partial charge >= 0.3 is 0 Å². The SMILES string of the molecule is Clc1cccnc1N1CCC(NC(=NCC2CCCCO2)NCCc2ccco2)C1.I. The molecule has 2 aromatic rings. The first kappa shape index (κ1) is 24.1. The summed E-state index contributed by atoms with van der Waals surface area (Å²) in [5.41, 5.74) is 0. The average Bonchev–Trinajstić information content (AvgIpc) is 3.45. The van der Waals surface area contributed by atoms with E-state index in [1.54, 1.807) is 12.5 Å². The van der Waals surface area contributed by atoms with Gasteiger partial charge in [-0.1, -0.05) is 11.6 Å². The highest BCUT2D eigenvalue weighted by atomic mass is 127. The normalized spacial score (nSPS) is 21.6. The fourth-order valence-electron chi connectivity index (χ4n) is 3.93. The first-order valence-corrected chi connectivity index (χ1v) is 11.2. The molecule has 0 radical (unpaired) electrons. The second-order valence-corrected chi connectivity index (χ2v) is 8.23. The van der Waals surface area contributed by atoms with Crippen LogP contribution in [0.2, 0.25) is 5.02 Å². The molecule has 0 saturated carbocycles. The second-order valence-electron chi connectivity index (χ2n) is 7.82. The van der Waals surface area contributed by atoms with Gasteiger partial charge in [-0.25, -0.2) is 4.98 Å². The molecule has 2 aliphatic heterocycles. The van der Waals surface area contributed by atoms with E-state index in [0.717, 1.165) is 69.5 Å². The van der Waals surface area contributed by atoms with Gasteiger partial charge in [0.1, 0.15) is 11.6 Å². The molecule has 0 bridgehead atoms. The molecule has 7 nitrogen and oxygen atoms in total. The third-order valence-corrected chi connectivity index (χ3v) is 5.83. The maximum Gasteiger partial charge on any atom is 0.191 e. The maximum atomic E-state index is 6.33. The fourth-order valence-corrected chi connectivity index (χ4v) is 4.17. The number of furan rings is 1. The Morgan fingerprint density at radius 3 is 2.97 bits per heavy atom. The summed E-state index contributed by atoms with van der Waals surface area (Å²) in [7, 11) is 0. The van der Waals surface area contributed by atoms with Crippen LogP contribution in [-0.4, -0.2) is 55.9 Å². The van der Waals surface area contributed by atoms with Crippen LogP contribution >= 0.6 is 35.6 Å². The van der Waals surface area contributed by atoms with Crippen molar-refractivity contribution in [1.29, 1.82) is 0 Å². The molecule has 4 heterocycles. The minimum atomic E-state index is 0. The summed E-state index contributed by atoms with van der Waals surface area (Å²) in [4.78, 5) is 11.5. The number of hydrogen-bond acceptors (Lipinski definition) is 5.